The van der Waals surface area contributed by atoms with Crippen molar-refractivity contribution in [1.29, 1.82) is 0 Å². The molecule has 1 atom stereocenters. The minimum absolute atomic E-state index is 0.0974. The highest BCUT2D eigenvalue weighted by molar-refractivity contribution is 5.77. The molecule has 1 amide bonds. The van der Waals surface area contributed by atoms with Crippen LogP contribution in [0, 0.1) is 11.3 Å². The van der Waals surface area contributed by atoms with Gasteiger partial charge in [0, 0.05) is 18.4 Å². The van der Waals surface area contributed by atoms with E-state index in [0.29, 0.717) is 32.1 Å². The van der Waals surface area contributed by atoms with Crippen LogP contribution < -0.4 is 14.8 Å². The molecule has 0 aromatic heterocycles. The van der Waals surface area contributed by atoms with Crippen molar-refractivity contribution < 1.29 is 19.4 Å². The lowest BCUT2D eigenvalue weighted by molar-refractivity contribution is -0.122. The highest BCUT2D eigenvalue weighted by Gasteiger charge is 2.36. The van der Waals surface area contributed by atoms with Crippen LogP contribution in [0.2, 0.25) is 0 Å². The van der Waals surface area contributed by atoms with Crippen molar-refractivity contribution in [3.05, 3.63) is 23.8 Å². The van der Waals surface area contributed by atoms with E-state index in [9.17, 15) is 9.90 Å². The Labute approximate surface area is 161 Å². The van der Waals surface area contributed by atoms with E-state index in [1.54, 1.807) is 0 Å². The molecule has 0 radical (unpaired) electrons. The Hall–Kier alpha value is -1.75. The molecule has 1 heterocycles. The van der Waals surface area contributed by atoms with Gasteiger partial charge in [0.15, 0.2) is 11.5 Å². The first-order valence-electron chi connectivity index (χ1n) is 10.5. The van der Waals surface area contributed by atoms with Gasteiger partial charge in [-0.25, -0.2) is 0 Å². The van der Waals surface area contributed by atoms with E-state index in [1.807, 2.05) is 6.07 Å². The molecule has 1 aromatic rings. The molecule has 4 rings (SSSR count). The Bertz CT molecular complexity index is 664. The number of aliphatic hydroxyl groups is 1. The molecule has 2 aliphatic carbocycles. The molecule has 1 unspecified atom stereocenters. The van der Waals surface area contributed by atoms with Crippen molar-refractivity contribution in [2.24, 2.45) is 11.3 Å². The Kier molecular flexibility index (Phi) is 5.58. The van der Waals surface area contributed by atoms with Gasteiger partial charge in [0.05, 0.1) is 6.61 Å². The number of hydrogen-bond donors (Lipinski definition) is 2. The van der Waals surface area contributed by atoms with Crippen molar-refractivity contribution >= 4 is 5.91 Å². The number of hydrogen-bond acceptors (Lipinski definition) is 4. The molecule has 5 heteroatoms. The lowest BCUT2D eigenvalue weighted by atomic mass is 9.74. The summed E-state index contributed by atoms with van der Waals surface area (Å²) in [5.41, 5.74) is 1.06. The summed E-state index contributed by atoms with van der Waals surface area (Å²) in [6, 6.07) is 6.11. The first-order chi connectivity index (χ1) is 13.2. The van der Waals surface area contributed by atoms with Gasteiger partial charge in [0.25, 0.3) is 0 Å². The van der Waals surface area contributed by atoms with Crippen molar-refractivity contribution in [2.75, 3.05) is 26.4 Å². The van der Waals surface area contributed by atoms with Crippen molar-refractivity contribution in [3.8, 4) is 11.5 Å². The van der Waals surface area contributed by atoms with Crippen LogP contribution in [0.1, 0.15) is 62.8 Å². The fourth-order valence-corrected chi connectivity index (χ4v) is 4.60. The highest BCUT2D eigenvalue weighted by Crippen LogP contribution is 2.46. The summed E-state index contributed by atoms with van der Waals surface area (Å²) in [7, 11) is 0. The zero-order valence-corrected chi connectivity index (χ0v) is 16.0. The molecule has 2 fully saturated rings. The molecule has 0 bridgehead atoms. The number of amides is 1. The third kappa shape index (κ3) is 4.40. The van der Waals surface area contributed by atoms with E-state index in [2.05, 4.69) is 17.4 Å². The Morgan fingerprint density at radius 2 is 1.89 bits per heavy atom. The standard InChI is InChI=1S/C22H31NO4/c24-15-22(8-2-1-3-9-22)14-23-21(25)13-18(16-4-5-16)17-6-7-19-20(12-17)27-11-10-26-19/h6-7,12,16,18,24H,1-5,8-11,13-15H2,(H,23,25). The van der Waals surface area contributed by atoms with E-state index in [4.69, 9.17) is 9.47 Å². The van der Waals surface area contributed by atoms with E-state index in [-0.39, 0.29) is 23.8 Å². The predicted molar refractivity (Wildman–Crippen MR) is 103 cm³/mol. The van der Waals surface area contributed by atoms with E-state index < -0.39 is 0 Å². The summed E-state index contributed by atoms with van der Waals surface area (Å²) in [5.74, 6) is 2.51. The first-order valence-corrected chi connectivity index (χ1v) is 10.5. The molecule has 0 saturated heterocycles. The number of aliphatic hydroxyl groups excluding tert-OH is 1. The largest absolute Gasteiger partial charge is 0.486 e. The van der Waals surface area contributed by atoms with Gasteiger partial charge in [-0.1, -0.05) is 25.3 Å². The van der Waals surface area contributed by atoms with Crippen LogP contribution in [-0.4, -0.2) is 37.4 Å². The lowest BCUT2D eigenvalue weighted by Crippen LogP contribution is -2.41. The predicted octanol–water partition coefficient (Wildman–Crippen LogP) is 3.40. The summed E-state index contributed by atoms with van der Waals surface area (Å²) in [6.07, 6.45) is 8.45. The summed E-state index contributed by atoms with van der Waals surface area (Å²) in [5, 5.41) is 13.0. The van der Waals surface area contributed by atoms with E-state index in [0.717, 1.165) is 37.2 Å². The number of rotatable bonds is 7. The van der Waals surface area contributed by atoms with Gasteiger partial charge in [-0.05, 0) is 55.2 Å². The van der Waals surface area contributed by atoms with Gasteiger partial charge in [-0.2, -0.15) is 0 Å². The molecule has 5 nitrogen and oxygen atoms in total. The lowest BCUT2D eigenvalue weighted by Gasteiger charge is -2.35. The molecule has 27 heavy (non-hydrogen) atoms. The molecule has 3 aliphatic rings. The van der Waals surface area contributed by atoms with Crippen molar-refractivity contribution in [3.63, 3.8) is 0 Å². The minimum atomic E-state index is -0.111. The van der Waals surface area contributed by atoms with Gasteiger partial charge in [0.2, 0.25) is 5.91 Å². The maximum Gasteiger partial charge on any atom is 0.220 e. The van der Waals surface area contributed by atoms with Gasteiger partial charge in [-0.3, -0.25) is 4.79 Å². The SMILES string of the molecule is O=C(CC(c1ccc2c(c1)OCCO2)C1CC1)NCC1(CO)CCCCC1. The molecule has 1 aromatic carbocycles. The molecular weight excluding hydrogens is 342 g/mol. The maximum absolute atomic E-state index is 12.7. The zero-order chi connectivity index (χ0) is 18.7. The van der Waals surface area contributed by atoms with Crippen LogP contribution in [-0.2, 0) is 4.79 Å². The summed E-state index contributed by atoms with van der Waals surface area (Å²) in [4.78, 5) is 12.7. The molecule has 0 spiro atoms. The normalized spacial score (nSPS) is 22.1. The van der Waals surface area contributed by atoms with Gasteiger partial charge in [-0.15, -0.1) is 0 Å². The zero-order valence-electron chi connectivity index (χ0n) is 16.0. The topological polar surface area (TPSA) is 67.8 Å². The smallest absolute Gasteiger partial charge is 0.220 e. The monoisotopic (exact) mass is 373 g/mol. The Balaban J connectivity index is 1.39. The van der Waals surface area contributed by atoms with Crippen LogP contribution in [0.5, 0.6) is 11.5 Å². The van der Waals surface area contributed by atoms with Crippen molar-refractivity contribution in [2.45, 2.75) is 57.3 Å². The Morgan fingerprint density at radius 3 is 2.59 bits per heavy atom. The highest BCUT2D eigenvalue weighted by atomic mass is 16.6. The maximum atomic E-state index is 12.7. The van der Waals surface area contributed by atoms with E-state index in [1.165, 1.54) is 24.8 Å². The average molecular weight is 373 g/mol. The fraction of sp³-hybridized carbons (Fsp3) is 0.682. The summed E-state index contributed by atoms with van der Waals surface area (Å²) < 4.78 is 11.3. The van der Waals surface area contributed by atoms with Gasteiger partial charge < -0.3 is 19.9 Å². The minimum Gasteiger partial charge on any atom is -0.486 e. The Morgan fingerprint density at radius 1 is 1.15 bits per heavy atom. The average Bonchev–Trinajstić information content (AvgIpc) is 3.56. The number of benzene rings is 1. The van der Waals surface area contributed by atoms with Crippen LogP contribution in [0.4, 0.5) is 0 Å². The second kappa shape index (κ2) is 8.09. The van der Waals surface area contributed by atoms with Crippen LogP contribution >= 0.6 is 0 Å². The summed E-state index contributed by atoms with van der Waals surface area (Å²) >= 11 is 0. The third-order valence-corrected chi connectivity index (χ3v) is 6.50. The van der Waals surface area contributed by atoms with E-state index >= 15 is 0 Å². The van der Waals surface area contributed by atoms with Crippen LogP contribution in [0.3, 0.4) is 0 Å². The molecular formula is C22H31NO4. The molecule has 148 valence electrons. The second-order valence-corrected chi connectivity index (χ2v) is 8.55. The fourth-order valence-electron chi connectivity index (χ4n) is 4.60. The second-order valence-electron chi connectivity index (χ2n) is 8.55. The number of fused-ring (bicyclic) bond motifs is 1. The quantitative estimate of drug-likeness (QED) is 0.769. The molecule has 2 saturated carbocycles. The summed E-state index contributed by atoms with van der Waals surface area (Å²) in [6.45, 7) is 1.93. The van der Waals surface area contributed by atoms with Gasteiger partial charge in [0.1, 0.15) is 13.2 Å². The molecule has 1 aliphatic heterocycles. The number of carbonyl (C=O) groups excluding carboxylic acids is 1. The molecule has 2 N–H and O–H groups in total. The van der Waals surface area contributed by atoms with Crippen LogP contribution in [0.15, 0.2) is 18.2 Å². The number of nitrogens with one attached hydrogen (secondary N) is 1. The van der Waals surface area contributed by atoms with Gasteiger partial charge >= 0.3 is 0 Å². The third-order valence-electron chi connectivity index (χ3n) is 6.50. The first kappa shape index (κ1) is 18.6. The van der Waals surface area contributed by atoms with Crippen molar-refractivity contribution in [1.82, 2.24) is 5.32 Å². The van der Waals surface area contributed by atoms with Crippen LogP contribution in [0.25, 0.3) is 0 Å². The number of carbonyl (C=O) groups is 1. The number of ether oxygens (including phenoxy) is 2.